The molecule has 126 valence electrons. The van der Waals surface area contributed by atoms with E-state index in [1.54, 1.807) is 24.3 Å². The molecular formula is C23H17NO2. The molecule has 0 unspecified atom stereocenters. The van der Waals surface area contributed by atoms with E-state index in [2.05, 4.69) is 17.5 Å². The topological polar surface area (TPSA) is 44.5 Å². The second kappa shape index (κ2) is 7.96. The lowest BCUT2D eigenvalue weighted by Crippen LogP contribution is -2.21. The summed E-state index contributed by atoms with van der Waals surface area (Å²) >= 11 is 0. The minimum atomic E-state index is -1.17. The van der Waals surface area contributed by atoms with Crippen LogP contribution in [0.15, 0.2) is 85.5 Å². The first-order valence-corrected chi connectivity index (χ1v) is 8.25. The average Bonchev–Trinajstić information content (AvgIpc) is 2.68. The molecular weight excluding hydrogens is 322 g/mol. The maximum absolute atomic E-state index is 10.8. The Balaban J connectivity index is 1.81. The molecule has 3 heteroatoms. The third-order valence-electron chi connectivity index (χ3n) is 4.00. The molecule has 3 aromatic rings. The average molecular weight is 339 g/mol. The number of hydrogen-bond donors (Lipinski definition) is 0. The summed E-state index contributed by atoms with van der Waals surface area (Å²) < 4.78 is 0. The predicted octanol–water partition coefficient (Wildman–Crippen LogP) is 4.46. The van der Waals surface area contributed by atoms with E-state index >= 15 is 0 Å². The zero-order chi connectivity index (χ0) is 18.4. The number of benzene rings is 3. The summed E-state index contributed by atoms with van der Waals surface area (Å²) in [6.07, 6.45) is 2.62. The Kier molecular flexibility index (Phi) is 5.26. The Morgan fingerprint density at radius 1 is 0.962 bits per heavy atom. The lowest BCUT2D eigenvalue weighted by Gasteiger charge is -2.04. The van der Waals surface area contributed by atoms with Gasteiger partial charge in [-0.15, -0.1) is 6.58 Å². The number of hydrogen-bond acceptors (Lipinski definition) is 2. The van der Waals surface area contributed by atoms with Crippen molar-refractivity contribution < 1.29 is 9.90 Å². The van der Waals surface area contributed by atoms with Crippen LogP contribution in [0.1, 0.15) is 21.5 Å². The van der Waals surface area contributed by atoms with Crippen LogP contribution in [-0.4, -0.2) is 5.97 Å². The molecule has 0 heterocycles. The highest BCUT2D eigenvalue weighted by Crippen LogP contribution is 2.22. The number of carboxylic acids is 1. The molecule has 0 fully saturated rings. The van der Waals surface area contributed by atoms with Gasteiger partial charge in [0.05, 0.1) is 5.97 Å². The second-order valence-electron chi connectivity index (χ2n) is 5.79. The van der Waals surface area contributed by atoms with Crippen molar-refractivity contribution >= 4 is 11.7 Å². The van der Waals surface area contributed by atoms with E-state index in [1.807, 2.05) is 54.6 Å². The molecule has 26 heavy (non-hydrogen) atoms. The fourth-order valence-corrected chi connectivity index (χ4v) is 2.61. The third-order valence-corrected chi connectivity index (χ3v) is 4.00. The number of carboxylic acid groups (broad SMARTS) is 1. The monoisotopic (exact) mass is 339 g/mol. The van der Waals surface area contributed by atoms with E-state index in [4.69, 9.17) is 0 Å². The number of nitrogens with zero attached hydrogens (tertiary/aromatic N) is 1. The van der Waals surface area contributed by atoms with E-state index in [9.17, 15) is 9.90 Å². The smallest absolute Gasteiger partial charge is 0.344 e. The Morgan fingerprint density at radius 2 is 1.58 bits per heavy atom. The van der Waals surface area contributed by atoms with Crippen molar-refractivity contribution in [1.82, 2.24) is 0 Å². The van der Waals surface area contributed by atoms with Crippen LogP contribution in [0.25, 0.3) is 16.0 Å². The molecule has 0 amide bonds. The fourth-order valence-electron chi connectivity index (χ4n) is 2.61. The van der Waals surface area contributed by atoms with Gasteiger partial charge >= 0.3 is 11.8 Å². The second-order valence-corrected chi connectivity index (χ2v) is 5.79. The summed E-state index contributed by atoms with van der Waals surface area (Å²) in [5.41, 5.74) is 4.97. The molecule has 3 rings (SSSR count). The predicted molar refractivity (Wildman–Crippen MR) is 103 cm³/mol. The van der Waals surface area contributed by atoms with Crippen LogP contribution in [0, 0.1) is 6.07 Å². The van der Waals surface area contributed by atoms with E-state index in [0.717, 1.165) is 34.4 Å². The van der Waals surface area contributed by atoms with E-state index in [0.29, 0.717) is 0 Å². The Labute approximate surface area is 152 Å². The van der Waals surface area contributed by atoms with Crippen LogP contribution in [0.5, 0.6) is 0 Å². The van der Waals surface area contributed by atoms with Crippen LogP contribution in [0.3, 0.4) is 0 Å². The van der Waals surface area contributed by atoms with Gasteiger partial charge in [0.2, 0.25) is 0 Å². The molecule has 0 aliphatic carbocycles. The molecule has 0 saturated carbocycles. The molecule has 0 N–H and O–H groups in total. The van der Waals surface area contributed by atoms with Crippen molar-refractivity contribution in [2.75, 3.05) is 0 Å². The van der Waals surface area contributed by atoms with Crippen LogP contribution in [0.2, 0.25) is 0 Å². The molecule has 0 aliphatic heterocycles. The quantitative estimate of drug-likeness (QED) is 0.659. The zero-order valence-corrected chi connectivity index (χ0v) is 14.2. The molecule has 0 spiro atoms. The van der Waals surface area contributed by atoms with Crippen LogP contribution in [-0.2, 0) is 6.42 Å². The lowest BCUT2D eigenvalue weighted by molar-refractivity contribution is -0.255. The van der Waals surface area contributed by atoms with E-state index in [-0.39, 0.29) is 5.56 Å². The highest BCUT2D eigenvalue weighted by molar-refractivity contribution is 5.86. The molecule has 0 aromatic heterocycles. The van der Waals surface area contributed by atoms with Gasteiger partial charge < -0.3 is 9.90 Å². The molecule has 0 aliphatic rings. The van der Waals surface area contributed by atoms with Gasteiger partial charge in [-0.25, -0.2) is 0 Å². The highest BCUT2D eigenvalue weighted by atomic mass is 16.4. The van der Waals surface area contributed by atoms with Crippen LogP contribution >= 0.6 is 0 Å². The minimum Gasteiger partial charge on any atom is -0.545 e. The number of allylic oxidation sites excluding steroid dienone is 1. The van der Waals surface area contributed by atoms with Gasteiger partial charge in [-0.2, -0.15) is 0 Å². The number of aromatic carboxylic acids is 1. The number of carbonyl (C=O) groups is 1. The van der Waals surface area contributed by atoms with Gasteiger partial charge in [0.15, 0.2) is 0 Å². The van der Waals surface area contributed by atoms with Gasteiger partial charge in [-0.1, -0.05) is 60.7 Å². The number of para-hydroxylation sites is 1. The van der Waals surface area contributed by atoms with Crippen LogP contribution < -0.4 is 5.11 Å². The van der Waals surface area contributed by atoms with Crippen molar-refractivity contribution in [3.05, 3.63) is 107 Å². The molecule has 3 nitrogen and oxygen atoms in total. The minimum absolute atomic E-state index is 0.170. The van der Waals surface area contributed by atoms with Crippen molar-refractivity contribution in [3.63, 3.8) is 0 Å². The summed E-state index contributed by atoms with van der Waals surface area (Å²) in [6, 6.07) is 25.4. The molecule has 0 bridgehead atoms. The molecule has 0 saturated heterocycles. The van der Waals surface area contributed by atoms with Gasteiger partial charge in [0.25, 0.3) is 0 Å². The zero-order valence-electron chi connectivity index (χ0n) is 14.2. The Morgan fingerprint density at radius 3 is 2.19 bits per heavy atom. The summed E-state index contributed by atoms with van der Waals surface area (Å²) in [5.74, 6) is -1.17. The molecule has 3 aromatic carbocycles. The van der Waals surface area contributed by atoms with Gasteiger partial charge in [0.1, 0.15) is 5.56 Å². The molecule has 0 atom stereocenters. The first kappa shape index (κ1) is 17.2. The van der Waals surface area contributed by atoms with Crippen molar-refractivity contribution in [3.8, 4) is 17.2 Å². The summed E-state index contributed by atoms with van der Waals surface area (Å²) in [6.45, 7) is 3.77. The SMILES string of the molecule is C=CCc1ccccc1[N+]#Cc1ccc(-c2ccc(C(=O)[O-])cc2)cc1. The Hall–Kier alpha value is -3.64. The van der Waals surface area contributed by atoms with Crippen molar-refractivity contribution in [1.29, 1.82) is 0 Å². The lowest BCUT2D eigenvalue weighted by atomic mass is 10.0. The van der Waals surface area contributed by atoms with E-state index < -0.39 is 5.97 Å². The third kappa shape index (κ3) is 4.06. The summed E-state index contributed by atoms with van der Waals surface area (Å²) in [7, 11) is 0. The maximum Gasteiger partial charge on any atom is 0.344 e. The van der Waals surface area contributed by atoms with Crippen LogP contribution in [0.4, 0.5) is 5.69 Å². The fraction of sp³-hybridized carbons (Fsp3) is 0.0435. The first-order chi connectivity index (χ1) is 12.7. The summed E-state index contributed by atoms with van der Waals surface area (Å²) in [5, 5.41) is 10.8. The first-order valence-electron chi connectivity index (χ1n) is 8.25. The maximum atomic E-state index is 10.8. The summed E-state index contributed by atoms with van der Waals surface area (Å²) in [4.78, 5) is 15.3. The molecule has 0 radical (unpaired) electrons. The number of carbonyl (C=O) groups excluding carboxylic acids is 1. The highest BCUT2D eigenvalue weighted by Gasteiger charge is 2.08. The standard InChI is InChI=1S/C23H17NO2/c1-2-5-20-6-3-4-7-22(20)24-16-17-8-10-18(11-9-17)19-12-14-21(15-13-19)23(25)26/h2-4,6-15H,1,5H2. The van der Waals surface area contributed by atoms with Gasteiger partial charge in [-0.3, -0.25) is 0 Å². The largest absolute Gasteiger partial charge is 0.545 e. The van der Waals surface area contributed by atoms with Gasteiger partial charge in [0, 0.05) is 11.6 Å². The number of rotatable bonds is 4. The van der Waals surface area contributed by atoms with Crippen molar-refractivity contribution in [2.45, 2.75) is 6.42 Å². The normalized spacial score (nSPS) is 9.85. The van der Waals surface area contributed by atoms with Crippen molar-refractivity contribution in [2.24, 2.45) is 0 Å². The Bertz CT molecular complexity index is 991. The van der Waals surface area contributed by atoms with E-state index in [1.165, 1.54) is 0 Å². The van der Waals surface area contributed by atoms with Gasteiger partial charge in [-0.05, 0) is 40.1 Å².